The summed E-state index contributed by atoms with van der Waals surface area (Å²) in [6, 6.07) is 12.9. The number of aromatic nitrogens is 2. The Morgan fingerprint density at radius 1 is 1.11 bits per heavy atom. The normalized spacial score (nSPS) is 13.4. The van der Waals surface area contributed by atoms with E-state index in [-0.39, 0.29) is 10.7 Å². The fraction of sp³-hybridized carbons (Fsp3) is 0.158. The zero-order valence-corrected chi connectivity index (χ0v) is 15.9. The van der Waals surface area contributed by atoms with Gasteiger partial charge in [-0.25, -0.2) is 27.5 Å². The molecule has 2 N–H and O–H groups in total. The van der Waals surface area contributed by atoms with Crippen LogP contribution >= 0.6 is 0 Å². The molecule has 2 heterocycles. The Hall–Kier alpha value is -3.04. The van der Waals surface area contributed by atoms with Crippen molar-refractivity contribution in [2.45, 2.75) is 11.3 Å². The molecule has 0 unspecified atom stereocenters. The van der Waals surface area contributed by atoms with E-state index in [1.807, 2.05) is 11.0 Å². The lowest BCUT2D eigenvalue weighted by molar-refractivity contribution is 0.588. The van der Waals surface area contributed by atoms with E-state index < -0.39 is 10.0 Å². The van der Waals surface area contributed by atoms with Crippen molar-refractivity contribution in [3.05, 3.63) is 66.2 Å². The molecule has 0 bridgehead atoms. The largest absolute Gasteiger partial charge is 0.340 e. The molecule has 0 radical (unpaired) electrons. The minimum Gasteiger partial charge on any atom is -0.340 e. The molecule has 3 aromatic rings. The number of nitrogens with one attached hydrogen (secondary N) is 2. The van der Waals surface area contributed by atoms with E-state index in [1.54, 1.807) is 30.3 Å². The van der Waals surface area contributed by atoms with Crippen LogP contribution in [-0.2, 0) is 16.4 Å². The van der Waals surface area contributed by atoms with Crippen LogP contribution in [0.1, 0.15) is 5.56 Å². The Kier molecular flexibility index (Phi) is 4.70. The van der Waals surface area contributed by atoms with Gasteiger partial charge >= 0.3 is 0 Å². The van der Waals surface area contributed by atoms with Crippen molar-refractivity contribution in [1.82, 2.24) is 14.7 Å². The SMILES string of the molecule is CNS(=O)(=O)c1ccc2c(c1)N(c1cc(Nc3cccc(F)c3)ncn1)CC2. The number of hydrogen-bond acceptors (Lipinski definition) is 6. The highest BCUT2D eigenvalue weighted by Crippen LogP contribution is 2.35. The third-order valence-corrected chi connectivity index (χ3v) is 5.97. The molecule has 9 heteroatoms. The van der Waals surface area contributed by atoms with Crippen LogP contribution in [0.4, 0.5) is 27.4 Å². The molecule has 144 valence electrons. The van der Waals surface area contributed by atoms with E-state index in [0.717, 1.165) is 17.7 Å². The number of anilines is 4. The predicted molar refractivity (Wildman–Crippen MR) is 105 cm³/mol. The van der Waals surface area contributed by atoms with E-state index >= 15 is 0 Å². The maximum atomic E-state index is 13.4. The van der Waals surface area contributed by atoms with Gasteiger partial charge in [-0.05, 0) is 49.4 Å². The zero-order chi connectivity index (χ0) is 19.7. The summed E-state index contributed by atoms with van der Waals surface area (Å²) in [5.41, 5.74) is 2.42. The van der Waals surface area contributed by atoms with Crippen molar-refractivity contribution < 1.29 is 12.8 Å². The molecule has 4 rings (SSSR count). The first-order valence-corrected chi connectivity index (χ1v) is 10.1. The van der Waals surface area contributed by atoms with Crippen LogP contribution in [0.15, 0.2) is 59.8 Å². The van der Waals surface area contributed by atoms with Gasteiger partial charge in [0.25, 0.3) is 0 Å². The molecule has 0 amide bonds. The van der Waals surface area contributed by atoms with Gasteiger partial charge in [0.15, 0.2) is 0 Å². The molecule has 0 saturated heterocycles. The Morgan fingerprint density at radius 2 is 1.96 bits per heavy atom. The second-order valence-electron chi connectivity index (χ2n) is 6.30. The highest BCUT2D eigenvalue weighted by molar-refractivity contribution is 7.89. The number of sulfonamides is 1. The molecule has 0 fully saturated rings. The molecule has 0 atom stereocenters. The van der Waals surface area contributed by atoms with Crippen molar-refractivity contribution in [2.24, 2.45) is 0 Å². The average Bonchev–Trinajstić information content (AvgIpc) is 3.11. The van der Waals surface area contributed by atoms with Crippen LogP contribution in [0.3, 0.4) is 0 Å². The summed E-state index contributed by atoms with van der Waals surface area (Å²) in [5.74, 6) is 0.806. The number of fused-ring (bicyclic) bond motifs is 1. The van der Waals surface area contributed by atoms with E-state index in [9.17, 15) is 12.8 Å². The fourth-order valence-corrected chi connectivity index (χ4v) is 3.91. The number of hydrogen-bond donors (Lipinski definition) is 2. The molecule has 1 aromatic heterocycles. The Balaban J connectivity index is 1.66. The summed E-state index contributed by atoms with van der Waals surface area (Å²) < 4.78 is 40.0. The summed E-state index contributed by atoms with van der Waals surface area (Å²) in [6.45, 7) is 0.675. The molecule has 0 spiro atoms. The number of benzene rings is 2. The van der Waals surface area contributed by atoms with Crippen LogP contribution in [0.25, 0.3) is 0 Å². The molecule has 7 nitrogen and oxygen atoms in total. The molecule has 0 aliphatic carbocycles. The van der Waals surface area contributed by atoms with Crippen LogP contribution in [0, 0.1) is 5.82 Å². The minimum absolute atomic E-state index is 0.202. The smallest absolute Gasteiger partial charge is 0.240 e. The summed E-state index contributed by atoms with van der Waals surface area (Å²) in [7, 11) is -2.15. The quantitative estimate of drug-likeness (QED) is 0.686. The van der Waals surface area contributed by atoms with Crippen molar-refractivity contribution in [2.75, 3.05) is 23.8 Å². The molecular formula is C19H18FN5O2S. The van der Waals surface area contributed by atoms with Crippen molar-refractivity contribution in [3.8, 4) is 0 Å². The highest BCUT2D eigenvalue weighted by Gasteiger charge is 2.24. The van der Waals surface area contributed by atoms with E-state index in [0.29, 0.717) is 23.9 Å². The predicted octanol–water partition coefficient (Wildman–Crippen LogP) is 2.96. The molecule has 0 saturated carbocycles. The van der Waals surface area contributed by atoms with Crippen molar-refractivity contribution >= 4 is 33.0 Å². The first-order chi connectivity index (χ1) is 13.5. The maximum absolute atomic E-state index is 13.4. The van der Waals surface area contributed by atoms with Gasteiger partial charge in [0.1, 0.15) is 23.8 Å². The van der Waals surface area contributed by atoms with Gasteiger partial charge in [-0.2, -0.15) is 0 Å². The molecule has 2 aromatic carbocycles. The molecular weight excluding hydrogens is 381 g/mol. The fourth-order valence-electron chi connectivity index (χ4n) is 3.16. The van der Waals surface area contributed by atoms with Crippen LogP contribution in [0.2, 0.25) is 0 Å². The second-order valence-corrected chi connectivity index (χ2v) is 8.18. The summed E-state index contributed by atoms with van der Waals surface area (Å²) in [5, 5.41) is 3.05. The second kappa shape index (κ2) is 7.17. The maximum Gasteiger partial charge on any atom is 0.240 e. The Morgan fingerprint density at radius 3 is 2.75 bits per heavy atom. The van der Waals surface area contributed by atoms with Gasteiger partial charge in [-0.3, -0.25) is 0 Å². The van der Waals surface area contributed by atoms with Gasteiger partial charge in [0.05, 0.1) is 4.90 Å². The number of nitrogens with zero attached hydrogens (tertiary/aromatic N) is 3. The highest BCUT2D eigenvalue weighted by atomic mass is 32.2. The van der Waals surface area contributed by atoms with Crippen LogP contribution in [-0.4, -0.2) is 32.0 Å². The third kappa shape index (κ3) is 3.54. The lowest BCUT2D eigenvalue weighted by Gasteiger charge is -2.19. The van der Waals surface area contributed by atoms with Crippen LogP contribution < -0.4 is 14.9 Å². The topological polar surface area (TPSA) is 87.2 Å². The molecule has 1 aliphatic heterocycles. The van der Waals surface area contributed by atoms with Gasteiger partial charge < -0.3 is 10.2 Å². The first kappa shape index (κ1) is 18.3. The van der Waals surface area contributed by atoms with E-state index in [4.69, 9.17) is 0 Å². The van der Waals surface area contributed by atoms with Crippen LogP contribution in [0.5, 0.6) is 0 Å². The lowest BCUT2D eigenvalue weighted by atomic mass is 10.2. The minimum atomic E-state index is -3.54. The number of halogens is 1. The van der Waals surface area contributed by atoms with E-state index in [1.165, 1.54) is 25.5 Å². The van der Waals surface area contributed by atoms with E-state index in [2.05, 4.69) is 20.0 Å². The lowest BCUT2D eigenvalue weighted by Crippen LogP contribution is -2.19. The Bertz CT molecular complexity index is 1140. The van der Waals surface area contributed by atoms with Gasteiger partial charge in [0, 0.05) is 24.0 Å². The summed E-state index contributed by atoms with van der Waals surface area (Å²) >= 11 is 0. The third-order valence-electron chi connectivity index (χ3n) is 4.56. The average molecular weight is 399 g/mol. The standard InChI is InChI=1S/C19H18FN5O2S/c1-21-28(26,27)16-6-5-13-7-8-25(17(13)10-16)19-11-18(22-12-23-19)24-15-4-2-3-14(20)9-15/h2-6,9-12,21H,7-8H2,1H3,(H,22,23,24). The molecule has 28 heavy (non-hydrogen) atoms. The van der Waals surface area contributed by atoms with Gasteiger partial charge in [-0.1, -0.05) is 12.1 Å². The molecule has 1 aliphatic rings. The first-order valence-electron chi connectivity index (χ1n) is 8.65. The monoisotopic (exact) mass is 399 g/mol. The summed E-state index contributed by atoms with van der Waals surface area (Å²) in [4.78, 5) is 10.7. The van der Waals surface area contributed by atoms with Crippen molar-refractivity contribution in [1.29, 1.82) is 0 Å². The summed E-state index contributed by atoms with van der Waals surface area (Å²) in [6.07, 6.45) is 2.20. The zero-order valence-electron chi connectivity index (χ0n) is 15.1. The van der Waals surface area contributed by atoms with Gasteiger partial charge in [-0.15, -0.1) is 0 Å². The van der Waals surface area contributed by atoms with Crippen molar-refractivity contribution in [3.63, 3.8) is 0 Å². The Labute approximate surface area is 162 Å². The van der Waals surface area contributed by atoms with Gasteiger partial charge in [0.2, 0.25) is 10.0 Å². The number of rotatable bonds is 5.